The number of nitrogens with zero attached hydrogens (tertiary/aromatic N) is 1. The van der Waals surface area contributed by atoms with Gasteiger partial charge in [0.15, 0.2) is 0 Å². The Kier molecular flexibility index (Phi) is 15.1. The van der Waals surface area contributed by atoms with Gasteiger partial charge in [-0.25, -0.2) is 0 Å². The topological polar surface area (TPSA) is 133 Å². The molecule has 2 rings (SSSR count). The first kappa shape index (κ1) is 34.5. The minimum atomic E-state index is -2.72. The van der Waals surface area contributed by atoms with Crippen molar-refractivity contribution in [1.29, 1.82) is 0 Å². The molecule has 1 aliphatic heterocycles. The van der Waals surface area contributed by atoms with E-state index in [0.29, 0.717) is 18.4 Å². The molecule has 0 saturated carbocycles. The second-order valence-electron chi connectivity index (χ2n) is 11.0. The number of hydrogen-bond acceptors (Lipinski definition) is 5. The number of benzene rings is 1. The average Bonchev–Trinajstić information content (AvgIpc) is 3.29. The molecular formula is C31H47N3O6Sn. The first-order valence-electron chi connectivity index (χ1n) is 15.1. The molecule has 1 heterocycles. The molecule has 226 valence electrons. The van der Waals surface area contributed by atoms with Gasteiger partial charge in [0.2, 0.25) is 0 Å². The number of hydrogen-bond donors (Lipinski definition) is 3. The van der Waals surface area contributed by atoms with Crippen LogP contribution in [-0.2, 0) is 19.2 Å². The number of rotatable bonds is 20. The number of carbonyl (C=O) groups is 5. The van der Waals surface area contributed by atoms with Crippen LogP contribution in [0, 0.1) is 0 Å². The summed E-state index contributed by atoms with van der Waals surface area (Å²) in [6, 6.07) is 6.87. The maximum atomic E-state index is 13.0. The third-order valence-electron chi connectivity index (χ3n) is 7.83. The summed E-state index contributed by atoms with van der Waals surface area (Å²) >= 11 is -2.72. The number of carboxylic acid groups (broad SMARTS) is 1. The predicted molar refractivity (Wildman–Crippen MR) is 163 cm³/mol. The molecule has 9 nitrogen and oxygen atoms in total. The quantitative estimate of drug-likeness (QED) is 0.108. The molecule has 0 spiro atoms. The van der Waals surface area contributed by atoms with Gasteiger partial charge in [0.05, 0.1) is 0 Å². The van der Waals surface area contributed by atoms with Crippen LogP contribution >= 0.6 is 0 Å². The summed E-state index contributed by atoms with van der Waals surface area (Å²) in [5, 5.41) is 14.7. The Balaban J connectivity index is 1.96. The van der Waals surface area contributed by atoms with Crippen molar-refractivity contribution in [3.8, 4) is 0 Å². The van der Waals surface area contributed by atoms with Gasteiger partial charge in [-0.15, -0.1) is 0 Å². The number of amides is 4. The Morgan fingerprint density at radius 2 is 1.46 bits per heavy atom. The zero-order valence-corrected chi connectivity index (χ0v) is 27.7. The molecule has 4 amide bonds. The Bertz CT molecular complexity index is 1050. The molecule has 0 aromatic heterocycles. The molecule has 0 unspecified atom stereocenters. The van der Waals surface area contributed by atoms with E-state index in [2.05, 4.69) is 43.5 Å². The first-order chi connectivity index (χ1) is 19.7. The van der Waals surface area contributed by atoms with Gasteiger partial charge in [-0.05, 0) is 0 Å². The number of imide groups is 1. The van der Waals surface area contributed by atoms with E-state index < -0.39 is 36.3 Å². The zero-order valence-electron chi connectivity index (χ0n) is 24.9. The fraction of sp³-hybridized carbons (Fsp3) is 0.581. The Labute approximate surface area is 248 Å². The van der Waals surface area contributed by atoms with Gasteiger partial charge < -0.3 is 0 Å². The van der Waals surface area contributed by atoms with Crippen LogP contribution in [0.3, 0.4) is 0 Å². The van der Waals surface area contributed by atoms with Crippen LogP contribution in [0.5, 0.6) is 0 Å². The van der Waals surface area contributed by atoms with Crippen LogP contribution < -0.4 is 14.2 Å². The molecule has 1 aromatic rings. The number of aliphatic carboxylic acids is 1. The fourth-order valence-electron chi connectivity index (χ4n) is 5.38. The van der Waals surface area contributed by atoms with Crippen molar-refractivity contribution in [2.24, 2.45) is 0 Å². The molecule has 0 fully saturated rings. The summed E-state index contributed by atoms with van der Waals surface area (Å²) in [5.74, 6) is -2.86. The minimum absolute atomic E-state index is 0.142. The molecule has 0 radical (unpaired) electrons. The van der Waals surface area contributed by atoms with Crippen molar-refractivity contribution >= 4 is 51.6 Å². The van der Waals surface area contributed by atoms with Gasteiger partial charge >= 0.3 is 204 Å². The molecule has 0 bridgehead atoms. The van der Waals surface area contributed by atoms with Crippen molar-refractivity contribution in [2.45, 2.75) is 97.9 Å². The number of carboxylic acids is 1. The van der Waals surface area contributed by atoms with Crippen LogP contribution in [0.4, 0.5) is 0 Å². The third-order valence-corrected chi connectivity index (χ3v) is 23.4. The van der Waals surface area contributed by atoms with Crippen molar-refractivity contribution < 1.29 is 29.1 Å². The van der Waals surface area contributed by atoms with Crippen molar-refractivity contribution in [1.82, 2.24) is 15.5 Å². The van der Waals surface area contributed by atoms with Gasteiger partial charge in [-0.3, -0.25) is 14.5 Å². The fourth-order valence-corrected chi connectivity index (χ4v) is 21.4. The van der Waals surface area contributed by atoms with Crippen molar-refractivity contribution in [3.63, 3.8) is 0 Å². The number of nitrogens with one attached hydrogen (secondary N) is 2. The van der Waals surface area contributed by atoms with Gasteiger partial charge in [0, 0.05) is 18.7 Å². The standard InChI is InChI=1S/C19H20N3O6.3C4H9.Sn/c23-15(12-20-18(26)13-6-2-1-3-7-13)21-14(19(27)28)8-4-5-11-22-16(24)9-10-17(22)25;3*1-3-4-2;/h1-2,6-7,9-10,14H,4-5,8,11-12H2,(H,20,26)(H,21,23)(H,27,28);3*1,3-4H2,2H3;/t14-;;;;/m0..../s1. The van der Waals surface area contributed by atoms with E-state index in [1.54, 1.807) is 6.07 Å². The molecule has 0 aliphatic carbocycles. The van der Waals surface area contributed by atoms with Gasteiger partial charge in [0.25, 0.3) is 11.8 Å². The third kappa shape index (κ3) is 10.9. The van der Waals surface area contributed by atoms with E-state index in [0.717, 1.165) is 4.90 Å². The predicted octanol–water partition coefficient (Wildman–Crippen LogP) is 4.14. The zero-order chi connectivity index (χ0) is 30.3. The normalized spacial score (nSPS) is 13.9. The van der Waals surface area contributed by atoms with E-state index in [4.69, 9.17) is 0 Å². The first-order valence-corrected chi connectivity index (χ1v) is 22.6. The molecule has 0 saturated heterocycles. The molecule has 41 heavy (non-hydrogen) atoms. The van der Waals surface area contributed by atoms with E-state index in [9.17, 15) is 29.1 Å². The van der Waals surface area contributed by atoms with E-state index >= 15 is 0 Å². The molecule has 1 aromatic carbocycles. The molecule has 1 aliphatic rings. The SMILES string of the molecule is CCC[CH2][Sn]([CH2]CCC)([CH2]CCC)[c]1cccc(C(=O)NCC(=O)N[C@@H](CCCCN2C(=O)C=CC2=O)C(=O)O)c1. The van der Waals surface area contributed by atoms with Gasteiger partial charge in [-0.1, -0.05) is 0 Å². The number of unbranched alkanes of at least 4 members (excludes halogenated alkanes) is 4. The summed E-state index contributed by atoms with van der Waals surface area (Å²) in [6.45, 7) is 6.57. The Morgan fingerprint density at radius 1 is 0.878 bits per heavy atom. The van der Waals surface area contributed by atoms with Crippen LogP contribution in [0.2, 0.25) is 13.3 Å². The van der Waals surface area contributed by atoms with Crippen LogP contribution in [0.25, 0.3) is 0 Å². The van der Waals surface area contributed by atoms with Crippen LogP contribution in [-0.4, -0.2) is 77.1 Å². The van der Waals surface area contributed by atoms with E-state index in [-0.39, 0.29) is 37.2 Å². The second kappa shape index (κ2) is 18.0. The maximum absolute atomic E-state index is 13.0. The van der Waals surface area contributed by atoms with E-state index in [1.807, 2.05) is 6.07 Å². The molecule has 3 N–H and O–H groups in total. The van der Waals surface area contributed by atoms with Crippen LogP contribution in [0.15, 0.2) is 36.4 Å². The van der Waals surface area contributed by atoms with Gasteiger partial charge in [-0.2, -0.15) is 0 Å². The monoisotopic (exact) mass is 677 g/mol. The van der Waals surface area contributed by atoms with Crippen LogP contribution in [0.1, 0.15) is 88.9 Å². The molecular weight excluding hydrogens is 629 g/mol. The summed E-state index contributed by atoms with van der Waals surface area (Å²) in [7, 11) is 0. The number of carbonyl (C=O) groups excluding carboxylic acids is 4. The second-order valence-corrected chi connectivity index (χ2v) is 24.2. The Hall–Kier alpha value is -2.69. The summed E-state index contributed by atoms with van der Waals surface area (Å²) < 4.78 is 5.25. The van der Waals surface area contributed by atoms with Gasteiger partial charge in [0.1, 0.15) is 0 Å². The summed E-state index contributed by atoms with van der Waals surface area (Å²) in [6.07, 6.45) is 10.5. The van der Waals surface area contributed by atoms with Crippen molar-refractivity contribution in [2.75, 3.05) is 13.1 Å². The molecule has 10 heteroatoms. The summed E-state index contributed by atoms with van der Waals surface area (Å²) in [5.41, 5.74) is 0.538. The molecule has 1 atom stereocenters. The Morgan fingerprint density at radius 3 is 2.00 bits per heavy atom. The average molecular weight is 676 g/mol. The van der Waals surface area contributed by atoms with Crippen molar-refractivity contribution in [3.05, 3.63) is 42.0 Å². The van der Waals surface area contributed by atoms with E-state index in [1.165, 1.54) is 67.6 Å². The summed E-state index contributed by atoms with van der Waals surface area (Å²) in [4.78, 5) is 61.6.